The van der Waals surface area contributed by atoms with Crippen molar-refractivity contribution >= 4 is 29.0 Å². The lowest BCUT2D eigenvalue weighted by Crippen LogP contribution is -2.04. The van der Waals surface area contributed by atoms with Gasteiger partial charge in [-0.2, -0.15) is 0 Å². The average molecular weight is 296 g/mol. The Morgan fingerprint density at radius 1 is 1.21 bits per heavy atom. The average Bonchev–Trinajstić information content (AvgIpc) is 2.83. The van der Waals surface area contributed by atoms with Crippen molar-refractivity contribution in [2.24, 2.45) is 0 Å². The molecule has 0 aliphatic heterocycles. The van der Waals surface area contributed by atoms with Crippen LogP contribution in [0, 0.1) is 0 Å². The molecular formula is C15H15Cl2NO. The van der Waals surface area contributed by atoms with Crippen molar-refractivity contribution in [3.63, 3.8) is 0 Å². The summed E-state index contributed by atoms with van der Waals surface area (Å²) in [5, 5.41) is 0.918. The van der Waals surface area contributed by atoms with Crippen LogP contribution in [0.5, 0.6) is 0 Å². The van der Waals surface area contributed by atoms with Crippen LogP contribution in [-0.2, 0) is 6.42 Å². The van der Waals surface area contributed by atoms with E-state index in [9.17, 15) is 4.79 Å². The van der Waals surface area contributed by atoms with Gasteiger partial charge >= 0.3 is 0 Å². The standard InChI is InChI=1S/C15H15Cl2NO/c1-2-3-4-14-12(7-8-18-14)15(19)11-6-5-10(16)9-13(11)17/h5-9,18H,2-4H2,1H3. The summed E-state index contributed by atoms with van der Waals surface area (Å²) < 4.78 is 0. The van der Waals surface area contributed by atoms with Crippen LogP contribution in [0.2, 0.25) is 10.0 Å². The number of unbranched alkanes of at least 4 members (excludes halogenated alkanes) is 1. The quantitative estimate of drug-likeness (QED) is 0.782. The molecule has 100 valence electrons. The van der Waals surface area contributed by atoms with Gasteiger partial charge in [0.2, 0.25) is 0 Å². The molecule has 4 heteroatoms. The van der Waals surface area contributed by atoms with E-state index < -0.39 is 0 Å². The number of carbonyl (C=O) groups excluding carboxylic acids is 1. The number of nitrogens with one attached hydrogen (secondary N) is 1. The second-order valence-corrected chi connectivity index (χ2v) is 5.27. The Balaban J connectivity index is 2.31. The van der Waals surface area contributed by atoms with Crippen LogP contribution >= 0.6 is 23.2 Å². The fraction of sp³-hybridized carbons (Fsp3) is 0.267. The number of aromatic amines is 1. The summed E-state index contributed by atoms with van der Waals surface area (Å²) in [4.78, 5) is 15.6. The van der Waals surface area contributed by atoms with Crippen molar-refractivity contribution in [2.75, 3.05) is 0 Å². The molecule has 1 aromatic carbocycles. The zero-order chi connectivity index (χ0) is 13.8. The lowest BCUT2D eigenvalue weighted by molar-refractivity contribution is 0.103. The first kappa shape index (κ1) is 14.2. The molecule has 2 rings (SSSR count). The van der Waals surface area contributed by atoms with Crippen LogP contribution in [0.4, 0.5) is 0 Å². The summed E-state index contributed by atoms with van der Waals surface area (Å²) in [6.07, 6.45) is 4.81. The third kappa shape index (κ3) is 3.20. The van der Waals surface area contributed by atoms with Gasteiger partial charge in [-0.05, 0) is 37.1 Å². The molecule has 0 spiro atoms. The smallest absolute Gasteiger partial charge is 0.196 e. The molecule has 0 fully saturated rings. The minimum atomic E-state index is -0.0611. The fourth-order valence-electron chi connectivity index (χ4n) is 2.00. The Morgan fingerprint density at radius 3 is 2.68 bits per heavy atom. The Kier molecular flexibility index (Phi) is 4.67. The first-order chi connectivity index (χ1) is 9.13. The Morgan fingerprint density at radius 2 is 2.00 bits per heavy atom. The molecule has 1 N–H and O–H groups in total. The van der Waals surface area contributed by atoms with Crippen LogP contribution in [0.1, 0.15) is 41.4 Å². The molecule has 0 radical (unpaired) electrons. The van der Waals surface area contributed by atoms with Crippen LogP contribution in [-0.4, -0.2) is 10.8 Å². The predicted octanol–water partition coefficient (Wildman–Crippen LogP) is 4.90. The highest BCUT2D eigenvalue weighted by atomic mass is 35.5. The Labute approximate surface area is 122 Å². The van der Waals surface area contributed by atoms with Gasteiger partial charge in [-0.3, -0.25) is 4.79 Å². The third-order valence-corrected chi connectivity index (χ3v) is 3.58. The molecule has 0 unspecified atom stereocenters. The van der Waals surface area contributed by atoms with Gasteiger partial charge in [-0.25, -0.2) is 0 Å². The minimum absolute atomic E-state index is 0.0611. The number of benzene rings is 1. The molecule has 0 atom stereocenters. The molecule has 0 aliphatic carbocycles. The van der Waals surface area contributed by atoms with E-state index in [4.69, 9.17) is 23.2 Å². The van der Waals surface area contributed by atoms with Gasteiger partial charge in [0.05, 0.1) is 5.02 Å². The maximum Gasteiger partial charge on any atom is 0.196 e. The molecule has 2 aromatic rings. The summed E-state index contributed by atoms with van der Waals surface area (Å²) in [5.41, 5.74) is 2.15. The number of rotatable bonds is 5. The second kappa shape index (κ2) is 6.27. The SMILES string of the molecule is CCCCc1[nH]ccc1C(=O)c1ccc(Cl)cc1Cl. The highest BCUT2D eigenvalue weighted by molar-refractivity contribution is 6.37. The molecule has 2 nitrogen and oxygen atoms in total. The van der Waals surface area contributed by atoms with Gasteiger partial charge < -0.3 is 4.98 Å². The number of hydrogen-bond acceptors (Lipinski definition) is 1. The number of H-pyrrole nitrogens is 1. The van der Waals surface area contributed by atoms with E-state index in [1.54, 1.807) is 30.5 Å². The molecular weight excluding hydrogens is 281 g/mol. The molecule has 0 amide bonds. The normalized spacial score (nSPS) is 10.7. The van der Waals surface area contributed by atoms with Crippen LogP contribution in [0.25, 0.3) is 0 Å². The number of halogens is 2. The van der Waals surface area contributed by atoms with Crippen molar-refractivity contribution in [2.45, 2.75) is 26.2 Å². The van der Waals surface area contributed by atoms with Crippen molar-refractivity contribution < 1.29 is 4.79 Å². The van der Waals surface area contributed by atoms with E-state index >= 15 is 0 Å². The lowest BCUT2D eigenvalue weighted by atomic mass is 10.0. The number of hydrogen-bond donors (Lipinski definition) is 1. The van der Waals surface area contributed by atoms with E-state index in [0.717, 1.165) is 25.0 Å². The molecule has 1 heterocycles. The van der Waals surface area contributed by atoms with Crippen molar-refractivity contribution in [1.29, 1.82) is 0 Å². The topological polar surface area (TPSA) is 32.9 Å². The molecule has 1 aromatic heterocycles. The third-order valence-electron chi connectivity index (χ3n) is 3.03. The number of carbonyl (C=O) groups is 1. The summed E-state index contributed by atoms with van der Waals surface area (Å²) in [5.74, 6) is -0.0611. The van der Waals surface area contributed by atoms with Crippen molar-refractivity contribution in [3.8, 4) is 0 Å². The lowest BCUT2D eigenvalue weighted by Gasteiger charge is -2.05. The van der Waals surface area contributed by atoms with Gasteiger partial charge in [-0.15, -0.1) is 0 Å². The summed E-state index contributed by atoms with van der Waals surface area (Å²) in [6, 6.07) is 6.75. The van der Waals surface area contributed by atoms with E-state index in [0.29, 0.717) is 21.2 Å². The zero-order valence-corrected chi connectivity index (χ0v) is 12.2. The molecule has 0 saturated carbocycles. The summed E-state index contributed by atoms with van der Waals surface area (Å²) in [6.45, 7) is 2.13. The van der Waals surface area contributed by atoms with Crippen LogP contribution < -0.4 is 0 Å². The van der Waals surface area contributed by atoms with Crippen LogP contribution in [0.3, 0.4) is 0 Å². The van der Waals surface area contributed by atoms with Gasteiger partial charge in [-0.1, -0.05) is 36.5 Å². The van der Waals surface area contributed by atoms with Gasteiger partial charge in [0.25, 0.3) is 0 Å². The van der Waals surface area contributed by atoms with E-state index in [2.05, 4.69) is 11.9 Å². The minimum Gasteiger partial charge on any atom is -0.364 e. The van der Waals surface area contributed by atoms with E-state index in [1.807, 2.05) is 0 Å². The maximum absolute atomic E-state index is 12.5. The monoisotopic (exact) mass is 295 g/mol. The van der Waals surface area contributed by atoms with Crippen molar-refractivity contribution in [1.82, 2.24) is 4.98 Å². The number of aryl methyl sites for hydroxylation is 1. The van der Waals surface area contributed by atoms with Gasteiger partial charge in [0.1, 0.15) is 0 Å². The van der Waals surface area contributed by atoms with Crippen molar-refractivity contribution in [3.05, 3.63) is 57.3 Å². The Hall–Kier alpha value is -1.25. The Bertz CT molecular complexity index is 590. The van der Waals surface area contributed by atoms with Gasteiger partial charge in [0.15, 0.2) is 5.78 Å². The molecule has 19 heavy (non-hydrogen) atoms. The predicted molar refractivity (Wildman–Crippen MR) is 79.3 cm³/mol. The first-order valence-electron chi connectivity index (χ1n) is 6.29. The summed E-state index contributed by atoms with van der Waals surface area (Å²) in [7, 11) is 0. The molecule has 0 aliphatic rings. The number of aromatic nitrogens is 1. The fourth-order valence-corrected chi connectivity index (χ4v) is 2.49. The molecule has 0 bridgehead atoms. The first-order valence-corrected chi connectivity index (χ1v) is 7.05. The number of ketones is 1. The highest BCUT2D eigenvalue weighted by Gasteiger charge is 2.17. The van der Waals surface area contributed by atoms with E-state index in [1.165, 1.54) is 0 Å². The highest BCUT2D eigenvalue weighted by Crippen LogP contribution is 2.24. The summed E-state index contributed by atoms with van der Waals surface area (Å²) >= 11 is 11.9. The van der Waals surface area contributed by atoms with Crippen LogP contribution in [0.15, 0.2) is 30.5 Å². The largest absolute Gasteiger partial charge is 0.364 e. The zero-order valence-electron chi connectivity index (χ0n) is 10.7. The maximum atomic E-state index is 12.5. The molecule has 0 saturated heterocycles. The second-order valence-electron chi connectivity index (χ2n) is 4.43. The van der Waals surface area contributed by atoms with E-state index in [-0.39, 0.29) is 5.78 Å². The van der Waals surface area contributed by atoms with Gasteiger partial charge in [0, 0.05) is 28.0 Å².